The lowest BCUT2D eigenvalue weighted by atomic mass is 10.1. The van der Waals surface area contributed by atoms with Crippen LogP contribution in [0.2, 0.25) is 0 Å². The number of likely N-dealkylation sites (tertiary alicyclic amines) is 1. The summed E-state index contributed by atoms with van der Waals surface area (Å²) in [6.07, 6.45) is 4.03. The number of nitrogens with one attached hydrogen (secondary N) is 1. The third kappa shape index (κ3) is 3.28. The van der Waals surface area contributed by atoms with Gasteiger partial charge in [0, 0.05) is 12.1 Å². The third-order valence-corrected chi connectivity index (χ3v) is 5.36. The Labute approximate surface area is 123 Å². The summed E-state index contributed by atoms with van der Waals surface area (Å²) in [7, 11) is -3.79. The number of hydrogen-bond acceptors (Lipinski definition) is 5. The minimum Gasteiger partial charge on any atom is -0.475 e. The molecule has 0 atom stereocenters. The van der Waals surface area contributed by atoms with Gasteiger partial charge >= 0.3 is 5.97 Å². The summed E-state index contributed by atoms with van der Waals surface area (Å²) in [4.78, 5) is 13.1. The minimum atomic E-state index is -3.79. The Balaban J connectivity index is 1.61. The van der Waals surface area contributed by atoms with Gasteiger partial charge in [0.05, 0.1) is 0 Å². The van der Waals surface area contributed by atoms with Crippen LogP contribution >= 0.6 is 0 Å². The molecule has 0 spiro atoms. The second-order valence-corrected chi connectivity index (χ2v) is 7.23. The molecule has 0 bridgehead atoms. The maximum absolute atomic E-state index is 12.2. The summed E-state index contributed by atoms with van der Waals surface area (Å²) in [5.74, 6) is -1.66. The summed E-state index contributed by atoms with van der Waals surface area (Å²) < 4.78 is 31.8. The van der Waals surface area contributed by atoms with Gasteiger partial charge in [-0.2, -0.15) is 0 Å². The molecule has 0 aromatic carbocycles. The molecule has 0 radical (unpaired) electrons. The van der Waals surface area contributed by atoms with Crippen molar-refractivity contribution in [1.29, 1.82) is 0 Å². The number of carbonyl (C=O) groups is 1. The van der Waals surface area contributed by atoms with E-state index in [0.717, 1.165) is 32.0 Å². The molecular formula is C13H18N2O5S. The smallest absolute Gasteiger partial charge is 0.371 e. The molecule has 0 unspecified atom stereocenters. The number of rotatable bonds is 5. The van der Waals surface area contributed by atoms with Crippen molar-refractivity contribution in [2.45, 2.75) is 42.9 Å². The molecule has 1 aromatic rings. The Bertz CT molecular complexity index is 627. The second-order valence-electron chi connectivity index (χ2n) is 5.59. The highest BCUT2D eigenvalue weighted by molar-refractivity contribution is 7.89. The van der Waals surface area contributed by atoms with E-state index in [-0.39, 0.29) is 16.9 Å². The van der Waals surface area contributed by atoms with Crippen molar-refractivity contribution in [3.05, 3.63) is 17.9 Å². The molecule has 2 fully saturated rings. The number of carboxylic acid groups (broad SMARTS) is 1. The monoisotopic (exact) mass is 314 g/mol. The van der Waals surface area contributed by atoms with Gasteiger partial charge < -0.3 is 14.4 Å². The van der Waals surface area contributed by atoms with E-state index >= 15 is 0 Å². The molecule has 1 aromatic heterocycles. The van der Waals surface area contributed by atoms with Gasteiger partial charge in [-0.3, -0.25) is 0 Å². The number of aromatic carboxylic acids is 1. The lowest BCUT2D eigenvalue weighted by molar-refractivity contribution is 0.0656. The first kappa shape index (κ1) is 14.6. The lowest BCUT2D eigenvalue weighted by Crippen LogP contribution is -2.45. The molecule has 3 rings (SSSR count). The van der Waals surface area contributed by atoms with Crippen molar-refractivity contribution in [3.63, 3.8) is 0 Å². The fraction of sp³-hybridized carbons (Fsp3) is 0.615. The number of piperidine rings is 1. The SMILES string of the molecule is O=C(O)c1ccc(S(=O)(=O)NC2CCN(C3CC3)CC2)o1. The Kier molecular flexibility index (Phi) is 3.76. The van der Waals surface area contributed by atoms with Gasteiger partial charge in [0.1, 0.15) is 0 Å². The van der Waals surface area contributed by atoms with Crippen LogP contribution in [0.1, 0.15) is 36.2 Å². The fourth-order valence-corrected chi connectivity index (χ4v) is 3.92. The molecule has 1 saturated heterocycles. The highest BCUT2D eigenvalue weighted by Crippen LogP contribution is 2.29. The molecule has 21 heavy (non-hydrogen) atoms. The molecule has 1 saturated carbocycles. The van der Waals surface area contributed by atoms with Crippen molar-refractivity contribution >= 4 is 16.0 Å². The Morgan fingerprint density at radius 2 is 1.90 bits per heavy atom. The van der Waals surface area contributed by atoms with Gasteiger partial charge in [0.25, 0.3) is 10.0 Å². The van der Waals surface area contributed by atoms with Crippen LogP contribution in [-0.2, 0) is 10.0 Å². The Morgan fingerprint density at radius 1 is 1.24 bits per heavy atom. The number of hydrogen-bond donors (Lipinski definition) is 2. The molecular weight excluding hydrogens is 296 g/mol. The zero-order valence-corrected chi connectivity index (χ0v) is 12.3. The zero-order valence-electron chi connectivity index (χ0n) is 11.5. The van der Waals surface area contributed by atoms with E-state index in [0.29, 0.717) is 6.04 Å². The van der Waals surface area contributed by atoms with Crippen LogP contribution in [0.4, 0.5) is 0 Å². The van der Waals surface area contributed by atoms with Gasteiger partial charge in [-0.05, 0) is 50.9 Å². The molecule has 1 aliphatic carbocycles. The van der Waals surface area contributed by atoms with Crippen molar-refractivity contribution in [3.8, 4) is 0 Å². The van der Waals surface area contributed by atoms with Crippen LogP contribution in [0.15, 0.2) is 21.6 Å². The summed E-state index contributed by atoms with van der Waals surface area (Å²) in [5, 5.41) is 8.41. The van der Waals surface area contributed by atoms with Crippen LogP contribution in [-0.4, -0.2) is 49.6 Å². The van der Waals surface area contributed by atoms with E-state index in [9.17, 15) is 13.2 Å². The zero-order chi connectivity index (χ0) is 15.0. The normalized spacial score (nSPS) is 21.5. The van der Waals surface area contributed by atoms with Gasteiger partial charge in [-0.25, -0.2) is 17.9 Å². The van der Waals surface area contributed by atoms with Crippen LogP contribution in [0.3, 0.4) is 0 Å². The maximum atomic E-state index is 12.2. The van der Waals surface area contributed by atoms with Crippen molar-refractivity contribution in [2.75, 3.05) is 13.1 Å². The maximum Gasteiger partial charge on any atom is 0.371 e. The topological polar surface area (TPSA) is 99.8 Å². The highest BCUT2D eigenvalue weighted by atomic mass is 32.2. The summed E-state index contributed by atoms with van der Waals surface area (Å²) in [5.41, 5.74) is 0. The summed E-state index contributed by atoms with van der Waals surface area (Å²) in [6, 6.07) is 2.90. The van der Waals surface area contributed by atoms with Crippen molar-refractivity contribution < 1.29 is 22.7 Å². The Hall–Kier alpha value is -1.38. The highest BCUT2D eigenvalue weighted by Gasteiger charge is 2.33. The van der Waals surface area contributed by atoms with E-state index in [2.05, 4.69) is 9.62 Å². The van der Waals surface area contributed by atoms with Gasteiger partial charge in [-0.15, -0.1) is 0 Å². The van der Waals surface area contributed by atoms with Crippen molar-refractivity contribution in [2.24, 2.45) is 0 Å². The van der Waals surface area contributed by atoms with E-state index in [1.165, 1.54) is 18.9 Å². The van der Waals surface area contributed by atoms with Gasteiger partial charge in [0.2, 0.25) is 10.9 Å². The number of sulfonamides is 1. The van der Waals surface area contributed by atoms with Crippen LogP contribution in [0.5, 0.6) is 0 Å². The van der Waals surface area contributed by atoms with E-state index < -0.39 is 16.0 Å². The predicted octanol–water partition coefficient (Wildman–Crippen LogP) is 0.883. The molecule has 2 N–H and O–H groups in total. The summed E-state index contributed by atoms with van der Waals surface area (Å²) >= 11 is 0. The van der Waals surface area contributed by atoms with Crippen LogP contribution in [0.25, 0.3) is 0 Å². The third-order valence-electron chi connectivity index (χ3n) is 3.97. The molecule has 116 valence electrons. The Morgan fingerprint density at radius 3 is 2.43 bits per heavy atom. The molecule has 2 heterocycles. The average Bonchev–Trinajstić information content (AvgIpc) is 3.14. The van der Waals surface area contributed by atoms with Crippen molar-refractivity contribution in [1.82, 2.24) is 9.62 Å². The number of carboxylic acids is 1. The standard InChI is InChI=1S/C13H18N2O5S/c16-13(17)11-3-4-12(20-11)21(18,19)14-9-5-7-15(8-6-9)10-1-2-10/h3-4,9-10,14H,1-2,5-8H2,(H,16,17). The van der Waals surface area contributed by atoms with E-state index in [4.69, 9.17) is 9.52 Å². The van der Waals surface area contributed by atoms with Gasteiger partial charge in [0.15, 0.2) is 0 Å². The fourth-order valence-electron chi connectivity index (χ4n) is 2.68. The lowest BCUT2D eigenvalue weighted by Gasteiger charge is -2.31. The molecule has 2 aliphatic rings. The van der Waals surface area contributed by atoms with Gasteiger partial charge in [-0.1, -0.05) is 0 Å². The second kappa shape index (κ2) is 5.43. The first-order valence-corrected chi connectivity index (χ1v) is 8.53. The quantitative estimate of drug-likeness (QED) is 0.837. The minimum absolute atomic E-state index is 0.122. The number of nitrogens with zero attached hydrogens (tertiary/aromatic N) is 1. The van der Waals surface area contributed by atoms with Crippen LogP contribution < -0.4 is 4.72 Å². The first-order chi connectivity index (χ1) is 9.95. The van der Waals surface area contributed by atoms with E-state index in [1.807, 2.05) is 0 Å². The molecule has 1 aliphatic heterocycles. The van der Waals surface area contributed by atoms with E-state index in [1.54, 1.807) is 0 Å². The molecule has 7 nitrogen and oxygen atoms in total. The van der Waals surface area contributed by atoms with Crippen LogP contribution in [0, 0.1) is 0 Å². The molecule has 8 heteroatoms. The average molecular weight is 314 g/mol. The first-order valence-electron chi connectivity index (χ1n) is 7.05. The summed E-state index contributed by atoms with van der Waals surface area (Å²) in [6.45, 7) is 1.80. The molecule has 0 amide bonds. The number of furan rings is 1. The largest absolute Gasteiger partial charge is 0.475 e. The predicted molar refractivity (Wildman–Crippen MR) is 73.6 cm³/mol.